The Hall–Kier alpha value is -1.87. The van der Waals surface area contributed by atoms with Crippen molar-refractivity contribution in [3.8, 4) is 5.75 Å². The number of nitrogens with zero attached hydrogens (tertiary/aromatic N) is 1. The van der Waals surface area contributed by atoms with E-state index in [1.807, 2.05) is 13.0 Å². The molecule has 0 aliphatic rings. The summed E-state index contributed by atoms with van der Waals surface area (Å²) in [5, 5.41) is 0.301. The molecule has 2 aromatic rings. The van der Waals surface area contributed by atoms with E-state index in [-0.39, 0.29) is 5.78 Å². The summed E-state index contributed by atoms with van der Waals surface area (Å²) in [4.78, 5) is 16.2. The van der Waals surface area contributed by atoms with Crippen molar-refractivity contribution in [1.29, 1.82) is 0 Å². The number of ether oxygens (including phenoxy) is 1. The highest BCUT2D eigenvalue weighted by atomic mass is 35.5. The van der Waals surface area contributed by atoms with Crippen LogP contribution in [0.3, 0.4) is 0 Å². The Kier molecular flexibility index (Phi) is 3.95. The van der Waals surface area contributed by atoms with Gasteiger partial charge in [0, 0.05) is 11.8 Å². The molecule has 0 bridgehead atoms. The highest BCUT2D eigenvalue weighted by molar-refractivity contribution is 6.30. The van der Waals surface area contributed by atoms with Crippen molar-refractivity contribution < 1.29 is 9.53 Å². The molecule has 0 atom stereocenters. The second kappa shape index (κ2) is 5.65. The van der Waals surface area contributed by atoms with Crippen LogP contribution in [0.5, 0.6) is 5.75 Å². The molecule has 0 aliphatic carbocycles. The first-order valence-corrected chi connectivity index (χ1v) is 5.98. The summed E-state index contributed by atoms with van der Waals surface area (Å²) in [6.07, 6.45) is 1.51. The van der Waals surface area contributed by atoms with Crippen molar-refractivity contribution in [2.45, 2.75) is 6.92 Å². The Balaban J connectivity index is 2.40. The van der Waals surface area contributed by atoms with E-state index < -0.39 is 0 Å². The number of hydrogen-bond donors (Lipinski definition) is 0. The minimum absolute atomic E-state index is 0.122. The fourth-order valence-electron chi connectivity index (χ4n) is 1.63. The molecule has 0 amide bonds. The third-order valence-corrected chi connectivity index (χ3v) is 2.63. The summed E-state index contributed by atoms with van der Waals surface area (Å²) in [6.45, 7) is 2.39. The van der Waals surface area contributed by atoms with Crippen molar-refractivity contribution in [3.05, 3.63) is 58.9 Å². The number of rotatable bonds is 4. The third-order valence-electron chi connectivity index (χ3n) is 2.42. The first kappa shape index (κ1) is 12.6. The van der Waals surface area contributed by atoms with E-state index in [9.17, 15) is 4.79 Å². The highest BCUT2D eigenvalue weighted by Gasteiger charge is 2.14. The average Bonchev–Trinajstić information content (AvgIpc) is 2.39. The summed E-state index contributed by atoms with van der Waals surface area (Å²) < 4.78 is 5.44. The zero-order valence-corrected chi connectivity index (χ0v) is 10.6. The molecular formula is C14H12ClNO2. The molecule has 1 aromatic carbocycles. The number of carbonyl (C=O) groups excluding carboxylic acids is 1. The summed E-state index contributed by atoms with van der Waals surface area (Å²) in [7, 11) is 0. The molecule has 0 spiro atoms. The zero-order chi connectivity index (χ0) is 13.0. The number of carbonyl (C=O) groups is 1. The quantitative estimate of drug-likeness (QED) is 0.626. The van der Waals surface area contributed by atoms with Crippen LogP contribution in [0.25, 0.3) is 0 Å². The van der Waals surface area contributed by atoms with Gasteiger partial charge in [0.15, 0.2) is 5.78 Å². The van der Waals surface area contributed by atoms with Crippen molar-refractivity contribution in [3.63, 3.8) is 0 Å². The van der Waals surface area contributed by atoms with Crippen molar-refractivity contribution >= 4 is 17.4 Å². The van der Waals surface area contributed by atoms with Gasteiger partial charge in [0.1, 0.15) is 10.9 Å². The van der Waals surface area contributed by atoms with E-state index in [0.717, 1.165) is 0 Å². The Morgan fingerprint density at radius 1 is 1.33 bits per heavy atom. The Morgan fingerprint density at radius 3 is 2.83 bits per heavy atom. The number of ketones is 1. The van der Waals surface area contributed by atoms with E-state index in [1.54, 1.807) is 30.3 Å². The highest BCUT2D eigenvalue weighted by Crippen LogP contribution is 2.22. The lowest BCUT2D eigenvalue weighted by Gasteiger charge is -2.08. The van der Waals surface area contributed by atoms with Gasteiger partial charge in [-0.1, -0.05) is 23.7 Å². The van der Waals surface area contributed by atoms with E-state index in [4.69, 9.17) is 16.3 Å². The molecule has 0 N–H and O–H groups in total. The maximum absolute atomic E-state index is 12.3. The normalized spacial score (nSPS) is 10.1. The molecule has 2 rings (SSSR count). The van der Waals surface area contributed by atoms with Crippen LogP contribution in [0, 0.1) is 0 Å². The topological polar surface area (TPSA) is 39.2 Å². The number of hydrogen-bond acceptors (Lipinski definition) is 3. The van der Waals surface area contributed by atoms with Gasteiger partial charge in [-0.05, 0) is 31.2 Å². The molecule has 92 valence electrons. The molecule has 4 heteroatoms. The van der Waals surface area contributed by atoms with Crippen LogP contribution in [0.1, 0.15) is 22.8 Å². The fourth-order valence-corrected chi connectivity index (χ4v) is 1.81. The van der Waals surface area contributed by atoms with E-state index >= 15 is 0 Å². The molecule has 0 radical (unpaired) electrons. The zero-order valence-electron chi connectivity index (χ0n) is 9.89. The van der Waals surface area contributed by atoms with Crippen LogP contribution >= 0.6 is 11.6 Å². The Bertz CT molecular complexity index is 569. The molecule has 0 saturated carbocycles. The summed E-state index contributed by atoms with van der Waals surface area (Å²) >= 11 is 5.78. The second-order valence-electron chi connectivity index (χ2n) is 3.63. The van der Waals surface area contributed by atoms with Gasteiger partial charge in [-0.3, -0.25) is 4.79 Å². The molecule has 1 heterocycles. The van der Waals surface area contributed by atoms with Crippen LogP contribution in [-0.2, 0) is 0 Å². The van der Waals surface area contributed by atoms with Crippen molar-refractivity contribution in [1.82, 2.24) is 4.98 Å². The first-order chi connectivity index (χ1) is 8.72. The summed E-state index contributed by atoms with van der Waals surface area (Å²) in [6, 6.07) is 10.3. The average molecular weight is 262 g/mol. The monoisotopic (exact) mass is 261 g/mol. The van der Waals surface area contributed by atoms with Gasteiger partial charge in [0.05, 0.1) is 12.2 Å². The number of pyridine rings is 1. The smallest absolute Gasteiger partial charge is 0.196 e. The van der Waals surface area contributed by atoms with Crippen LogP contribution in [0.15, 0.2) is 42.6 Å². The first-order valence-electron chi connectivity index (χ1n) is 5.60. The number of halogens is 1. The van der Waals surface area contributed by atoms with Crippen molar-refractivity contribution in [2.75, 3.05) is 6.61 Å². The number of benzene rings is 1. The summed E-state index contributed by atoms with van der Waals surface area (Å²) in [5.41, 5.74) is 1.03. The van der Waals surface area contributed by atoms with E-state index in [1.165, 1.54) is 6.20 Å². The van der Waals surface area contributed by atoms with Gasteiger partial charge >= 0.3 is 0 Å². The molecule has 18 heavy (non-hydrogen) atoms. The van der Waals surface area contributed by atoms with E-state index in [2.05, 4.69) is 4.98 Å². The van der Waals surface area contributed by atoms with Crippen LogP contribution in [0.4, 0.5) is 0 Å². The Morgan fingerprint density at radius 2 is 2.11 bits per heavy atom. The molecule has 0 fully saturated rings. The Labute approximate surface area is 110 Å². The fraction of sp³-hybridized carbons (Fsp3) is 0.143. The molecule has 0 aliphatic heterocycles. The lowest BCUT2D eigenvalue weighted by Crippen LogP contribution is -2.05. The third kappa shape index (κ3) is 2.68. The van der Waals surface area contributed by atoms with Crippen molar-refractivity contribution in [2.24, 2.45) is 0 Å². The SMILES string of the molecule is CCOc1ccccc1C(=O)c1ccnc(Cl)c1. The van der Waals surface area contributed by atoms with Gasteiger partial charge in [-0.15, -0.1) is 0 Å². The maximum atomic E-state index is 12.3. The largest absolute Gasteiger partial charge is 0.493 e. The molecule has 0 saturated heterocycles. The van der Waals surface area contributed by atoms with Gasteiger partial charge in [0.2, 0.25) is 0 Å². The molecular weight excluding hydrogens is 250 g/mol. The van der Waals surface area contributed by atoms with Gasteiger partial charge in [-0.25, -0.2) is 4.98 Å². The lowest BCUT2D eigenvalue weighted by molar-refractivity contribution is 0.103. The van der Waals surface area contributed by atoms with Crippen LogP contribution < -0.4 is 4.74 Å². The minimum Gasteiger partial charge on any atom is -0.493 e. The molecule has 0 unspecified atom stereocenters. The van der Waals surface area contributed by atoms with Gasteiger partial charge in [-0.2, -0.15) is 0 Å². The second-order valence-corrected chi connectivity index (χ2v) is 4.01. The molecule has 3 nitrogen and oxygen atoms in total. The lowest BCUT2D eigenvalue weighted by atomic mass is 10.0. The molecule has 1 aromatic heterocycles. The number of aromatic nitrogens is 1. The standard InChI is InChI=1S/C14H12ClNO2/c1-2-18-12-6-4-3-5-11(12)14(17)10-7-8-16-13(15)9-10/h3-9H,2H2,1H3. The predicted octanol–water partition coefficient (Wildman–Crippen LogP) is 3.36. The maximum Gasteiger partial charge on any atom is 0.196 e. The van der Waals surface area contributed by atoms with Crippen LogP contribution in [-0.4, -0.2) is 17.4 Å². The van der Waals surface area contributed by atoms with Gasteiger partial charge in [0.25, 0.3) is 0 Å². The number of para-hydroxylation sites is 1. The van der Waals surface area contributed by atoms with Gasteiger partial charge < -0.3 is 4.74 Å². The minimum atomic E-state index is -0.122. The van der Waals surface area contributed by atoms with E-state index in [0.29, 0.717) is 28.6 Å². The summed E-state index contributed by atoms with van der Waals surface area (Å²) in [5.74, 6) is 0.460. The van der Waals surface area contributed by atoms with Crippen LogP contribution in [0.2, 0.25) is 5.15 Å². The predicted molar refractivity (Wildman–Crippen MR) is 70.3 cm³/mol.